The molecule has 1 heterocycles. The highest BCUT2D eigenvalue weighted by atomic mass is 32.2. The van der Waals surface area contributed by atoms with Crippen LogP contribution >= 0.6 is 23.5 Å². The molecule has 1 aliphatic rings. The molecule has 1 saturated heterocycles. The number of rotatable bonds is 7. The SMILES string of the molecule is O=C1SC(=Cc2ccc(SCCO)c([N+](=O)[O-])c2)C(=O)N1Cc1ccccc1. The van der Waals surface area contributed by atoms with Crippen LogP contribution in [0.4, 0.5) is 10.5 Å². The van der Waals surface area contributed by atoms with Crippen molar-refractivity contribution in [3.63, 3.8) is 0 Å². The highest BCUT2D eigenvalue weighted by Crippen LogP contribution is 2.35. The van der Waals surface area contributed by atoms with E-state index in [0.29, 0.717) is 16.2 Å². The number of hydrogen-bond donors (Lipinski definition) is 1. The maximum atomic E-state index is 12.6. The summed E-state index contributed by atoms with van der Waals surface area (Å²) in [4.78, 5) is 37.5. The molecule has 144 valence electrons. The quantitative estimate of drug-likeness (QED) is 0.316. The zero-order valence-electron chi connectivity index (χ0n) is 14.6. The number of imide groups is 1. The Hall–Kier alpha value is -2.62. The normalized spacial score (nSPS) is 15.5. The average Bonchev–Trinajstić information content (AvgIpc) is 2.95. The minimum atomic E-state index is -0.502. The first-order valence-electron chi connectivity index (χ1n) is 8.31. The number of nitrogens with zero attached hydrogens (tertiary/aromatic N) is 2. The smallest absolute Gasteiger partial charge is 0.293 e. The van der Waals surface area contributed by atoms with Crippen LogP contribution in [0.3, 0.4) is 0 Å². The van der Waals surface area contributed by atoms with Crippen molar-refractivity contribution in [3.05, 3.63) is 74.7 Å². The van der Waals surface area contributed by atoms with E-state index in [1.165, 1.54) is 23.9 Å². The standard InChI is InChI=1S/C19H16N2O5S2/c22-8-9-27-16-7-6-14(10-15(16)21(25)26)11-17-18(23)20(19(24)28-17)12-13-4-2-1-3-5-13/h1-7,10-11,22H,8-9,12H2. The third-order valence-electron chi connectivity index (χ3n) is 3.88. The summed E-state index contributed by atoms with van der Waals surface area (Å²) in [6.07, 6.45) is 1.49. The molecule has 7 nitrogen and oxygen atoms in total. The van der Waals surface area contributed by atoms with Crippen molar-refractivity contribution < 1.29 is 19.6 Å². The van der Waals surface area contributed by atoms with Gasteiger partial charge in [-0.25, -0.2) is 0 Å². The van der Waals surface area contributed by atoms with Crippen LogP contribution < -0.4 is 0 Å². The van der Waals surface area contributed by atoms with Gasteiger partial charge in [-0.1, -0.05) is 36.4 Å². The van der Waals surface area contributed by atoms with E-state index in [-0.39, 0.29) is 29.0 Å². The summed E-state index contributed by atoms with van der Waals surface area (Å²) in [7, 11) is 0. The molecular formula is C19H16N2O5S2. The largest absolute Gasteiger partial charge is 0.396 e. The molecule has 3 rings (SSSR count). The first-order chi connectivity index (χ1) is 13.5. The number of aliphatic hydroxyl groups excluding tert-OH is 1. The van der Waals surface area contributed by atoms with Crippen molar-refractivity contribution in [2.24, 2.45) is 0 Å². The summed E-state index contributed by atoms with van der Waals surface area (Å²) in [5.74, 6) is -0.0707. The first-order valence-corrected chi connectivity index (χ1v) is 10.1. The van der Waals surface area contributed by atoms with Gasteiger partial charge in [-0.3, -0.25) is 24.6 Å². The van der Waals surface area contributed by atoms with Crippen LogP contribution in [0.1, 0.15) is 11.1 Å². The van der Waals surface area contributed by atoms with Gasteiger partial charge >= 0.3 is 0 Å². The monoisotopic (exact) mass is 416 g/mol. The van der Waals surface area contributed by atoms with Crippen molar-refractivity contribution in [1.82, 2.24) is 4.90 Å². The lowest BCUT2D eigenvalue weighted by atomic mass is 10.1. The molecule has 0 aliphatic carbocycles. The van der Waals surface area contributed by atoms with Crippen LogP contribution in [0.2, 0.25) is 0 Å². The maximum absolute atomic E-state index is 12.6. The summed E-state index contributed by atoms with van der Waals surface area (Å²) in [5.41, 5.74) is 1.20. The van der Waals surface area contributed by atoms with Crippen molar-refractivity contribution >= 4 is 46.4 Å². The van der Waals surface area contributed by atoms with Crippen LogP contribution in [0.5, 0.6) is 0 Å². The third-order valence-corrected chi connectivity index (χ3v) is 5.83. The molecule has 9 heteroatoms. The topological polar surface area (TPSA) is 101 Å². The van der Waals surface area contributed by atoms with E-state index in [1.807, 2.05) is 30.3 Å². The van der Waals surface area contributed by atoms with E-state index >= 15 is 0 Å². The van der Waals surface area contributed by atoms with Crippen LogP contribution in [-0.2, 0) is 11.3 Å². The van der Waals surface area contributed by atoms with Crippen LogP contribution in [-0.4, -0.2) is 38.4 Å². The van der Waals surface area contributed by atoms with Gasteiger partial charge in [0, 0.05) is 11.8 Å². The van der Waals surface area contributed by atoms with E-state index < -0.39 is 10.8 Å². The van der Waals surface area contributed by atoms with Gasteiger partial charge in [0.2, 0.25) is 0 Å². The van der Waals surface area contributed by atoms with Crippen LogP contribution in [0, 0.1) is 10.1 Å². The number of hydrogen-bond acceptors (Lipinski definition) is 7. The molecule has 2 aromatic carbocycles. The molecule has 0 saturated carbocycles. The van der Waals surface area contributed by atoms with Gasteiger partial charge in [0.25, 0.3) is 16.8 Å². The van der Waals surface area contributed by atoms with Gasteiger partial charge in [-0.15, -0.1) is 11.8 Å². The number of nitro groups is 1. The first kappa shape index (κ1) is 20.1. The lowest BCUT2D eigenvalue weighted by Gasteiger charge is -2.12. The van der Waals surface area contributed by atoms with E-state index in [9.17, 15) is 19.7 Å². The molecule has 0 unspecified atom stereocenters. The fraction of sp³-hybridized carbons (Fsp3) is 0.158. The third kappa shape index (κ3) is 4.61. The summed E-state index contributed by atoms with van der Waals surface area (Å²) in [6, 6.07) is 13.8. The Morgan fingerprint density at radius 3 is 2.61 bits per heavy atom. The zero-order chi connectivity index (χ0) is 20.1. The molecule has 0 radical (unpaired) electrons. The van der Waals surface area contributed by atoms with Crippen molar-refractivity contribution in [2.75, 3.05) is 12.4 Å². The van der Waals surface area contributed by atoms with Crippen molar-refractivity contribution in [1.29, 1.82) is 0 Å². The molecule has 0 atom stereocenters. The summed E-state index contributed by atoms with van der Waals surface area (Å²) < 4.78 is 0. The van der Waals surface area contributed by atoms with Gasteiger partial charge in [-0.2, -0.15) is 0 Å². The Morgan fingerprint density at radius 1 is 1.18 bits per heavy atom. The maximum Gasteiger partial charge on any atom is 0.293 e. The fourth-order valence-electron chi connectivity index (χ4n) is 2.60. The summed E-state index contributed by atoms with van der Waals surface area (Å²) in [6.45, 7) is 0.0951. The van der Waals surface area contributed by atoms with E-state index in [4.69, 9.17) is 5.11 Å². The van der Waals surface area contributed by atoms with Crippen molar-refractivity contribution in [2.45, 2.75) is 11.4 Å². The highest BCUT2D eigenvalue weighted by molar-refractivity contribution is 8.18. The van der Waals surface area contributed by atoms with E-state index in [0.717, 1.165) is 22.2 Å². The molecule has 1 aliphatic heterocycles. The summed E-state index contributed by atoms with van der Waals surface area (Å²) >= 11 is 2.00. The fourth-order valence-corrected chi connectivity index (χ4v) is 4.19. The summed E-state index contributed by atoms with van der Waals surface area (Å²) in [5, 5.41) is 19.9. The number of carbonyl (C=O) groups excluding carboxylic acids is 2. The molecule has 2 amide bonds. The minimum absolute atomic E-state index is 0.0852. The Kier molecular flexibility index (Phi) is 6.50. The average molecular weight is 416 g/mol. The number of aliphatic hydroxyl groups is 1. The molecule has 0 bridgehead atoms. The molecule has 1 N–H and O–H groups in total. The predicted molar refractivity (Wildman–Crippen MR) is 109 cm³/mol. The Morgan fingerprint density at radius 2 is 1.93 bits per heavy atom. The Balaban J connectivity index is 1.83. The molecule has 2 aromatic rings. The van der Waals surface area contributed by atoms with Gasteiger partial charge in [0.15, 0.2) is 0 Å². The van der Waals surface area contributed by atoms with Gasteiger partial charge in [0.05, 0.1) is 27.9 Å². The van der Waals surface area contributed by atoms with E-state index in [1.54, 1.807) is 12.1 Å². The molecule has 1 fully saturated rings. The molecule has 0 spiro atoms. The lowest BCUT2D eigenvalue weighted by Crippen LogP contribution is -2.27. The number of amides is 2. The van der Waals surface area contributed by atoms with Crippen LogP contribution in [0.25, 0.3) is 6.08 Å². The molecular weight excluding hydrogens is 400 g/mol. The number of carbonyl (C=O) groups is 2. The Bertz CT molecular complexity index is 947. The second-order valence-electron chi connectivity index (χ2n) is 5.81. The highest BCUT2D eigenvalue weighted by Gasteiger charge is 2.35. The van der Waals surface area contributed by atoms with Crippen LogP contribution in [0.15, 0.2) is 58.3 Å². The zero-order valence-corrected chi connectivity index (χ0v) is 16.2. The molecule has 28 heavy (non-hydrogen) atoms. The Labute approximate surface area is 169 Å². The minimum Gasteiger partial charge on any atom is -0.396 e. The number of nitro benzene ring substituents is 1. The molecule has 0 aromatic heterocycles. The van der Waals surface area contributed by atoms with Gasteiger partial charge in [-0.05, 0) is 35.0 Å². The van der Waals surface area contributed by atoms with E-state index in [2.05, 4.69) is 0 Å². The lowest BCUT2D eigenvalue weighted by molar-refractivity contribution is -0.387. The van der Waals surface area contributed by atoms with Crippen molar-refractivity contribution in [3.8, 4) is 0 Å². The predicted octanol–water partition coefficient (Wildman–Crippen LogP) is 3.92. The second kappa shape index (κ2) is 9.05. The van der Waals surface area contributed by atoms with Gasteiger partial charge in [0.1, 0.15) is 0 Å². The number of benzene rings is 2. The number of thioether (sulfide) groups is 2. The van der Waals surface area contributed by atoms with Gasteiger partial charge < -0.3 is 5.11 Å². The second-order valence-corrected chi connectivity index (χ2v) is 7.94.